The first-order chi connectivity index (χ1) is 10.9. The van der Waals surface area contributed by atoms with Gasteiger partial charge in [-0.2, -0.15) is 0 Å². The highest BCUT2D eigenvalue weighted by molar-refractivity contribution is 5.70. The Morgan fingerprint density at radius 3 is 2.04 bits per heavy atom. The van der Waals surface area contributed by atoms with Crippen LogP contribution in [0.5, 0.6) is 5.75 Å². The molecular weight excluding hydrogens is 288 g/mol. The molecule has 1 aromatic rings. The third kappa shape index (κ3) is 8.63. The summed E-state index contributed by atoms with van der Waals surface area (Å²) < 4.78 is 11.0. The van der Waals surface area contributed by atoms with Crippen LogP contribution in [0.1, 0.15) is 65.4 Å². The highest BCUT2D eigenvalue weighted by atomic mass is 16.5. The second-order valence-electron chi connectivity index (χ2n) is 7.11. The lowest BCUT2D eigenvalue weighted by Crippen LogP contribution is -2.10. The molecule has 0 aliphatic carbocycles. The Kier molecular flexibility index (Phi) is 8.75. The molecule has 0 amide bonds. The molecule has 0 heterocycles. The lowest BCUT2D eigenvalue weighted by molar-refractivity contribution is -0.144. The highest BCUT2D eigenvalue weighted by Crippen LogP contribution is 2.22. The molecule has 1 unspecified atom stereocenters. The Morgan fingerprint density at radius 1 is 0.913 bits per heavy atom. The van der Waals surface area contributed by atoms with Gasteiger partial charge in [-0.3, -0.25) is 4.79 Å². The van der Waals surface area contributed by atoms with Crippen molar-refractivity contribution in [3.05, 3.63) is 29.8 Å². The predicted octanol–water partition coefficient (Wildman–Crippen LogP) is 5.19. The smallest absolute Gasteiger partial charge is 0.306 e. The molecule has 0 aromatic heterocycles. The van der Waals surface area contributed by atoms with Crippen LogP contribution in [0, 0.1) is 11.8 Å². The summed E-state index contributed by atoms with van der Waals surface area (Å²) in [4.78, 5) is 11.8. The van der Waals surface area contributed by atoms with Gasteiger partial charge in [0.2, 0.25) is 0 Å². The van der Waals surface area contributed by atoms with Crippen molar-refractivity contribution < 1.29 is 14.3 Å². The van der Waals surface area contributed by atoms with Crippen LogP contribution in [-0.4, -0.2) is 19.2 Å². The summed E-state index contributed by atoms with van der Waals surface area (Å²) in [5, 5.41) is 0. The minimum absolute atomic E-state index is 0.115. The topological polar surface area (TPSA) is 35.5 Å². The number of carbonyl (C=O) groups excluding carboxylic acids is 1. The van der Waals surface area contributed by atoms with Gasteiger partial charge in [-0.15, -0.1) is 0 Å². The monoisotopic (exact) mass is 320 g/mol. The summed E-state index contributed by atoms with van der Waals surface area (Å²) in [7, 11) is 0. The van der Waals surface area contributed by atoms with Crippen molar-refractivity contribution in [2.75, 3.05) is 13.2 Å². The number of rotatable bonds is 10. The van der Waals surface area contributed by atoms with Crippen LogP contribution in [0.3, 0.4) is 0 Å². The second kappa shape index (κ2) is 10.3. The van der Waals surface area contributed by atoms with Gasteiger partial charge >= 0.3 is 5.97 Å². The molecule has 0 saturated carbocycles. The zero-order chi connectivity index (χ0) is 17.2. The fraction of sp³-hybridized carbons (Fsp3) is 0.650. The van der Waals surface area contributed by atoms with Gasteiger partial charge in [0.05, 0.1) is 19.6 Å². The van der Waals surface area contributed by atoms with Crippen molar-refractivity contribution in [1.82, 2.24) is 0 Å². The van der Waals surface area contributed by atoms with Crippen molar-refractivity contribution in [2.24, 2.45) is 11.8 Å². The molecule has 0 radical (unpaired) electrons. The van der Waals surface area contributed by atoms with E-state index >= 15 is 0 Å². The molecule has 0 bridgehead atoms. The summed E-state index contributed by atoms with van der Waals surface area (Å²) in [5.74, 6) is 2.14. The molecule has 0 aliphatic heterocycles. The number of carbonyl (C=O) groups is 1. The van der Waals surface area contributed by atoms with E-state index in [1.54, 1.807) is 0 Å². The summed E-state index contributed by atoms with van der Waals surface area (Å²) in [5.41, 5.74) is 1.14. The van der Waals surface area contributed by atoms with Gasteiger partial charge in [0.1, 0.15) is 5.75 Å². The van der Waals surface area contributed by atoms with Gasteiger partial charge in [-0.05, 0) is 48.3 Å². The lowest BCUT2D eigenvalue weighted by Gasteiger charge is -2.13. The second-order valence-corrected chi connectivity index (χ2v) is 7.11. The van der Waals surface area contributed by atoms with Crippen molar-refractivity contribution in [3.63, 3.8) is 0 Å². The molecule has 0 saturated heterocycles. The summed E-state index contributed by atoms with van der Waals surface area (Å²) in [6.45, 7) is 11.9. The van der Waals surface area contributed by atoms with Crippen molar-refractivity contribution in [2.45, 2.75) is 59.8 Å². The minimum atomic E-state index is -0.115. The van der Waals surface area contributed by atoms with E-state index in [0.717, 1.165) is 30.8 Å². The molecule has 0 N–H and O–H groups in total. The van der Waals surface area contributed by atoms with E-state index in [-0.39, 0.29) is 11.9 Å². The zero-order valence-corrected chi connectivity index (χ0v) is 15.3. The molecule has 1 atom stereocenters. The van der Waals surface area contributed by atoms with E-state index in [2.05, 4.69) is 34.6 Å². The quantitative estimate of drug-likeness (QED) is 0.556. The molecule has 0 fully saturated rings. The zero-order valence-electron chi connectivity index (χ0n) is 15.3. The fourth-order valence-electron chi connectivity index (χ4n) is 2.14. The van der Waals surface area contributed by atoms with Crippen LogP contribution in [0.4, 0.5) is 0 Å². The predicted molar refractivity (Wildman–Crippen MR) is 94.8 cm³/mol. The van der Waals surface area contributed by atoms with E-state index in [1.165, 1.54) is 0 Å². The van der Waals surface area contributed by atoms with Crippen LogP contribution in [0.2, 0.25) is 0 Å². The average Bonchev–Trinajstić information content (AvgIpc) is 2.47. The highest BCUT2D eigenvalue weighted by Gasteiger charge is 2.12. The molecule has 1 rings (SSSR count). The van der Waals surface area contributed by atoms with Gasteiger partial charge in [0.25, 0.3) is 0 Å². The van der Waals surface area contributed by atoms with Gasteiger partial charge in [-0.1, -0.05) is 46.8 Å². The van der Waals surface area contributed by atoms with E-state index in [9.17, 15) is 4.79 Å². The molecule has 0 aliphatic rings. The van der Waals surface area contributed by atoms with Crippen molar-refractivity contribution in [1.29, 1.82) is 0 Å². The third-order valence-corrected chi connectivity index (χ3v) is 3.84. The van der Waals surface area contributed by atoms with Crippen LogP contribution >= 0.6 is 0 Å². The van der Waals surface area contributed by atoms with Crippen LogP contribution in [-0.2, 0) is 9.53 Å². The fourth-order valence-corrected chi connectivity index (χ4v) is 2.14. The largest absolute Gasteiger partial charge is 0.494 e. The van der Waals surface area contributed by atoms with Gasteiger partial charge < -0.3 is 9.47 Å². The Hall–Kier alpha value is -1.51. The maximum atomic E-state index is 11.8. The van der Waals surface area contributed by atoms with E-state index in [1.807, 2.05) is 24.3 Å². The van der Waals surface area contributed by atoms with E-state index in [0.29, 0.717) is 24.9 Å². The number of hydrogen-bond donors (Lipinski definition) is 0. The molecule has 130 valence electrons. The summed E-state index contributed by atoms with van der Waals surface area (Å²) in [6, 6.07) is 8.04. The lowest BCUT2D eigenvalue weighted by atomic mass is 9.98. The number of benzene rings is 1. The van der Waals surface area contributed by atoms with Crippen LogP contribution in [0.15, 0.2) is 24.3 Å². The van der Waals surface area contributed by atoms with Crippen LogP contribution in [0.25, 0.3) is 0 Å². The normalized spacial score (nSPS) is 12.5. The van der Waals surface area contributed by atoms with Crippen molar-refractivity contribution in [3.8, 4) is 5.75 Å². The molecule has 0 spiro atoms. The first-order valence-electron chi connectivity index (χ1n) is 8.76. The SMILES string of the molecule is CC(C)CCOC(=O)CC(C)c1ccc(OCCC(C)C)cc1. The number of ether oxygens (including phenoxy) is 2. The van der Waals surface area contributed by atoms with E-state index < -0.39 is 0 Å². The van der Waals surface area contributed by atoms with E-state index in [4.69, 9.17) is 9.47 Å². The standard InChI is InChI=1S/C20H32O3/c1-15(2)10-12-22-19-8-6-18(7-9-19)17(5)14-20(21)23-13-11-16(3)4/h6-9,15-17H,10-14H2,1-5H3. The number of hydrogen-bond acceptors (Lipinski definition) is 3. The maximum absolute atomic E-state index is 11.8. The van der Waals surface area contributed by atoms with Gasteiger partial charge in [-0.25, -0.2) is 0 Å². The Morgan fingerprint density at radius 2 is 1.48 bits per heavy atom. The molecule has 3 heteroatoms. The maximum Gasteiger partial charge on any atom is 0.306 e. The summed E-state index contributed by atoms with van der Waals surface area (Å²) in [6.07, 6.45) is 2.40. The average molecular weight is 320 g/mol. The van der Waals surface area contributed by atoms with Gasteiger partial charge in [0.15, 0.2) is 0 Å². The Bertz CT molecular complexity index is 448. The molecular formula is C20H32O3. The third-order valence-electron chi connectivity index (χ3n) is 3.84. The Labute approximate surface area is 141 Å². The number of esters is 1. The molecule has 23 heavy (non-hydrogen) atoms. The van der Waals surface area contributed by atoms with Crippen molar-refractivity contribution >= 4 is 5.97 Å². The summed E-state index contributed by atoms with van der Waals surface area (Å²) >= 11 is 0. The first-order valence-corrected chi connectivity index (χ1v) is 8.76. The molecule has 1 aromatic carbocycles. The Balaban J connectivity index is 2.38. The minimum Gasteiger partial charge on any atom is -0.494 e. The molecule has 3 nitrogen and oxygen atoms in total. The van der Waals surface area contributed by atoms with Crippen LogP contribution < -0.4 is 4.74 Å². The first kappa shape index (κ1) is 19.5. The van der Waals surface area contributed by atoms with Gasteiger partial charge in [0, 0.05) is 0 Å².